The number of hydrogen-bond acceptors (Lipinski definition) is 3. The summed E-state index contributed by atoms with van der Waals surface area (Å²) in [6.45, 7) is 0.453. The van der Waals surface area contributed by atoms with Crippen LogP contribution in [0.4, 0.5) is 0 Å². The fourth-order valence-corrected chi connectivity index (χ4v) is 1.85. The molecular weight excluding hydrogens is 296 g/mol. The van der Waals surface area contributed by atoms with Gasteiger partial charge >= 0.3 is 0 Å². The summed E-state index contributed by atoms with van der Waals surface area (Å²) in [7, 11) is 1.54. The lowest BCUT2D eigenvalue weighted by molar-refractivity contribution is 0.283. The quantitative estimate of drug-likeness (QED) is 0.935. The Hall–Kier alpha value is -1.68. The topological polar surface area (TPSA) is 38.7 Å². The van der Waals surface area contributed by atoms with Crippen molar-refractivity contribution in [1.82, 2.24) is 0 Å². The molecule has 0 aromatic heterocycles. The Balaban J connectivity index is 2.16. The molecule has 94 valence electrons. The molecule has 0 radical (unpaired) electrons. The summed E-state index contributed by atoms with van der Waals surface area (Å²) in [5.41, 5.74) is 1.07. The van der Waals surface area contributed by atoms with Crippen molar-refractivity contribution >= 4 is 15.9 Å². The van der Waals surface area contributed by atoms with Gasteiger partial charge in [0, 0.05) is 12.1 Å². The van der Waals surface area contributed by atoms with Crippen molar-refractivity contribution in [2.45, 2.75) is 6.61 Å². The maximum Gasteiger partial charge on any atom is 0.164 e. The summed E-state index contributed by atoms with van der Waals surface area (Å²) < 4.78 is 11.4. The maximum absolute atomic E-state index is 9.56. The summed E-state index contributed by atoms with van der Waals surface area (Å²) in [5.74, 6) is 1.22. The van der Waals surface area contributed by atoms with Gasteiger partial charge < -0.3 is 14.6 Å². The molecule has 3 nitrogen and oxygen atoms in total. The predicted octanol–water partition coefficient (Wildman–Crippen LogP) is 3.74. The molecule has 0 fully saturated rings. The zero-order valence-electron chi connectivity index (χ0n) is 9.89. The molecule has 2 aromatic carbocycles. The molecule has 0 aliphatic carbocycles. The Bertz CT molecular complexity index is 526. The standard InChI is InChI=1S/C14H13BrO3/c1-17-13-8-12(16)11(15)7-14(13)18-9-10-5-3-2-4-6-10/h2-8,16H,9H2,1H3. The van der Waals surface area contributed by atoms with Gasteiger partial charge in [-0.25, -0.2) is 0 Å². The normalized spacial score (nSPS) is 10.1. The Morgan fingerprint density at radius 1 is 1.11 bits per heavy atom. The molecule has 4 heteroatoms. The number of hydrogen-bond donors (Lipinski definition) is 1. The highest BCUT2D eigenvalue weighted by Gasteiger charge is 2.09. The number of methoxy groups -OCH3 is 1. The summed E-state index contributed by atoms with van der Waals surface area (Å²) in [5, 5.41) is 9.56. The van der Waals surface area contributed by atoms with E-state index in [0.717, 1.165) is 5.56 Å². The lowest BCUT2D eigenvalue weighted by atomic mass is 10.2. The average molecular weight is 309 g/mol. The van der Waals surface area contributed by atoms with Gasteiger partial charge in [-0.15, -0.1) is 0 Å². The van der Waals surface area contributed by atoms with Crippen LogP contribution in [0.1, 0.15) is 5.56 Å². The Morgan fingerprint density at radius 3 is 2.50 bits per heavy atom. The van der Waals surface area contributed by atoms with Gasteiger partial charge in [0.25, 0.3) is 0 Å². The monoisotopic (exact) mass is 308 g/mol. The van der Waals surface area contributed by atoms with Gasteiger partial charge in [0.05, 0.1) is 11.6 Å². The Kier molecular flexibility index (Phi) is 4.10. The van der Waals surface area contributed by atoms with E-state index >= 15 is 0 Å². The molecule has 0 heterocycles. The predicted molar refractivity (Wildman–Crippen MR) is 73.1 cm³/mol. The van der Waals surface area contributed by atoms with Gasteiger partial charge in [-0.05, 0) is 21.5 Å². The van der Waals surface area contributed by atoms with Crippen LogP contribution in [-0.4, -0.2) is 12.2 Å². The first-order valence-corrected chi connectivity index (χ1v) is 6.23. The first kappa shape index (κ1) is 12.8. The van der Waals surface area contributed by atoms with Crippen LogP contribution in [0.25, 0.3) is 0 Å². The number of phenolic OH excluding ortho intramolecular Hbond substituents is 1. The number of aromatic hydroxyl groups is 1. The lowest BCUT2D eigenvalue weighted by Crippen LogP contribution is -1.97. The molecule has 0 saturated heterocycles. The van der Waals surface area contributed by atoms with Crippen LogP contribution >= 0.6 is 15.9 Å². The molecule has 0 spiro atoms. The number of benzene rings is 2. The van der Waals surface area contributed by atoms with Crippen molar-refractivity contribution in [3.05, 3.63) is 52.5 Å². The number of phenols is 1. The zero-order valence-corrected chi connectivity index (χ0v) is 11.5. The van der Waals surface area contributed by atoms with Crippen molar-refractivity contribution in [3.63, 3.8) is 0 Å². The van der Waals surface area contributed by atoms with Crippen LogP contribution in [0.15, 0.2) is 46.9 Å². The number of ether oxygens (including phenoxy) is 2. The first-order valence-electron chi connectivity index (χ1n) is 5.44. The minimum atomic E-state index is 0.124. The van der Waals surface area contributed by atoms with Crippen molar-refractivity contribution in [3.8, 4) is 17.2 Å². The smallest absolute Gasteiger partial charge is 0.164 e. The van der Waals surface area contributed by atoms with Crippen LogP contribution < -0.4 is 9.47 Å². The summed E-state index contributed by atoms with van der Waals surface area (Å²) in [4.78, 5) is 0. The SMILES string of the molecule is COc1cc(O)c(Br)cc1OCc1ccccc1. The molecule has 2 aromatic rings. The third kappa shape index (κ3) is 2.96. The molecule has 0 unspecified atom stereocenters. The highest BCUT2D eigenvalue weighted by atomic mass is 79.9. The molecule has 18 heavy (non-hydrogen) atoms. The van der Waals surface area contributed by atoms with Gasteiger partial charge in [0.15, 0.2) is 11.5 Å². The molecule has 2 rings (SSSR count). The van der Waals surface area contributed by atoms with E-state index in [0.29, 0.717) is 22.6 Å². The van der Waals surface area contributed by atoms with E-state index in [-0.39, 0.29) is 5.75 Å². The van der Waals surface area contributed by atoms with Gasteiger partial charge in [-0.1, -0.05) is 30.3 Å². The van der Waals surface area contributed by atoms with Gasteiger partial charge in [0.2, 0.25) is 0 Å². The molecule has 1 N–H and O–H groups in total. The fraction of sp³-hybridized carbons (Fsp3) is 0.143. The molecule has 0 aliphatic heterocycles. The van der Waals surface area contributed by atoms with E-state index in [2.05, 4.69) is 15.9 Å². The van der Waals surface area contributed by atoms with Crippen LogP contribution in [0.5, 0.6) is 17.2 Å². The Morgan fingerprint density at radius 2 is 1.83 bits per heavy atom. The van der Waals surface area contributed by atoms with E-state index in [9.17, 15) is 5.11 Å². The summed E-state index contributed by atoms with van der Waals surface area (Å²) >= 11 is 3.25. The maximum atomic E-state index is 9.56. The number of rotatable bonds is 4. The molecule has 0 bridgehead atoms. The third-order valence-corrected chi connectivity index (χ3v) is 3.11. The van der Waals surface area contributed by atoms with Crippen molar-refractivity contribution in [2.24, 2.45) is 0 Å². The minimum Gasteiger partial charge on any atom is -0.507 e. The van der Waals surface area contributed by atoms with E-state index in [1.807, 2.05) is 30.3 Å². The van der Waals surface area contributed by atoms with E-state index in [1.54, 1.807) is 6.07 Å². The minimum absolute atomic E-state index is 0.124. The molecule has 0 aliphatic rings. The van der Waals surface area contributed by atoms with Crippen molar-refractivity contribution in [1.29, 1.82) is 0 Å². The van der Waals surface area contributed by atoms with E-state index in [1.165, 1.54) is 13.2 Å². The summed E-state index contributed by atoms with van der Waals surface area (Å²) in [6, 6.07) is 13.1. The highest BCUT2D eigenvalue weighted by molar-refractivity contribution is 9.10. The van der Waals surface area contributed by atoms with Gasteiger partial charge in [-0.2, -0.15) is 0 Å². The fourth-order valence-electron chi connectivity index (χ4n) is 1.53. The zero-order chi connectivity index (χ0) is 13.0. The molecular formula is C14H13BrO3. The second-order valence-electron chi connectivity index (χ2n) is 3.73. The van der Waals surface area contributed by atoms with Crippen molar-refractivity contribution < 1.29 is 14.6 Å². The first-order chi connectivity index (χ1) is 8.70. The second-order valence-corrected chi connectivity index (χ2v) is 4.58. The summed E-state index contributed by atoms with van der Waals surface area (Å²) in [6.07, 6.45) is 0. The number of halogens is 1. The molecule has 0 atom stereocenters. The van der Waals surface area contributed by atoms with Crippen molar-refractivity contribution in [2.75, 3.05) is 7.11 Å². The van der Waals surface area contributed by atoms with Crippen LogP contribution in [0.2, 0.25) is 0 Å². The van der Waals surface area contributed by atoms with Crippen LogP contribution in [0.3, 0.4) is 0 Å². The largest absolute Gasteiger partial charge is 0.507 e. The molecule has 0 saturated carbocycles. The molecule has 0 amide bonds. The lowest BCUT2D eigenvalue weighted by Gasteiger charge is -2.12. The van der Waals surface area contributed by atoms with Crippen LogP contribution in [0, 0.1) is 0 Å². The average Bonchev–Trinajstić information content (AvgIpc) is 2.41. The second kappa shape index (κ2) is 5.78. The van der Waals surface area contributed by atoms with E-state index in [4.69, 9.17) is 9.47 Å². The van der Waals surface area contributed by atoms with Gasteiger partial charge in [-0.3, -0.25) is 0 Å². The van der Waals surface area contributed by atoms with Gasteiger partial charge in [0.1, 0.15) is 12.4 Å². The van der Waals surface area contributed by atoms with E-state index < -0.39 is 0 Å². The Labute approximate surface area is 114 Å². The highest BCUT2D eigenvalue weighted by Crippen LogP contribution is 2.37. The van der Waals surface area contributed by atoms with Crippen LogP contribution in [-0.2, 0) is 6.61 Å². The third-order valence-electron chi connectivity index (χ3n) is 2.47.